The average molecular weight is 341 g/mol. The molecular formula is C18H15NO4S. The Balaban J connectivity index is 1.94. The topological polar surface area (TPSA) is 69.4 Å². The van der Waals surface area contributed by atoms with Gasteiger partial charge in [0.05, 0.1) is 10.6 Å². The quantitative estimate of drug-likeness (QED) is 0.312. The molecule has 0 aliphatic heterocycles. The summed E-state index contributed by atoms with van der Waals surface area (Å²) >= 11 is 1.48. The van der Waals surface area contributed by atoms with Gasteiger partial charge in [0.15, 0.2) is 0 Å². The molecule has 24 heavy (non-hydrogen) atoms. The van der Waals surface area contributed by atoms with Crippen molar-refractivity contribution < 1.29 is 13.9 Å². The molecule has 0 unspecified atom stereocenters. The van der Waals surface area contributed by atoms with Crippen LogP contribution in [-0.4, -0.2) is 11.0 Å². The van der Waals surface area contributed by atoms with Crippen molar-refractivity contribution in [3.8, 4) is 5.75 Å². The molecule has 3 aromatic rings. The van der Waals surface area contributed by atoms with Crippen molar-refractivity contribution in [3.05, 3.63) is 64.1 Å². The molecule has 0 spiro atoms. The molecule has 0 aliphatic carbocycles. The standard InChI is InChI=1S/C18H15NO4S/c1-11-14-7-6-13(22-12(2)20)9-16(14)23-18(21)15(11)10-24-17-5-3-4-8-19-17/h3-9H,10H2,1-2H3. The van der Waals surface area contributed by atoms with Crippen LogP contribution in [-0.2, 0) is 10.5 Å². The SMILES string of the molecule is CC(=O)Oc1ccc2c(C)c(CSc3ccccn3)c(=O)oc2c1. The number of esters is 1. The first-order valence-corrected chi connectivity index (χ1v) is 8.32. The van der Waals surface area contributed by atoms with E-state index in [1.807, 2.05) is 25.1 Å². The Bertz CT molecular complexity index is 950. The van der Waals surface area contributed by atoms with Gasteiger partial charge in [-0.25, -0.2) is 9.78 Å². The molecule has 0 aliphatic rings. The van der Waals surface area contributed by atoms with Crippen molar-refractivity contribution in [1.29, 1.82) is 0 Å². The minimum atomic E-state index is -0.420. The van der Waals surface area contributed by atoms with Crippen LogP contribution in [0.5, 0.6) is 5.75 Å². The van der Waals surface area contributed by atoms with Crippen LogP contribution in [0.2, 0.25) is 0 Å². The van der Waals surface area contributed by atoms with Gasteiger partial charge in [0, 0.05) is 30.3 Å². The Morgan fingerprint density at radius 2 is 2.12 bits per heavy atom. The summed E-state index contributed by atoms with van der Waals surface area (Å²) in [7, 11) is 0. The molecule has 0 radical (unpaired) electrons. The Morgan fingerprint density at radius 1 is 1.29 bits per heavy atom. The zero-order chi connectivity index (χ0) is 17.1. The second-order valence-electron chi connectivity index (χ2n) is 5.20. The fourth-order valence-corrected chi connectivity index (χ4v) is 3.29. The summed E-state index contributed by atoms with van der Waals surface area (Å²) in [4.78, 5) is 27.6. The Morgan fingerprint density at radius 3 is 2.83 bits per heavy atom. The summed E-state index contributed by atoms with van der Waals surface area (Å²) < 4.78 is 10.4. The van der Waals surface area contributed by atoms with Gasteiger partial charge in [-0.2, -0.15) is 0 Å². The van der Waals surface area contributed by atoms with E-state index in [1.54, 1.807) is 24.4 Å². The van der Waals surface area contributed by atoms with Gasteiger partial charge in [-0.05, 0) is 36.8 Å². The van der Waals surface area contributed by atoms with E-state index >= 15 is 0 Å². The van der Waals surface area contributed by atoms with Crippen LogP contribution in [0.1, 0.15) is 18.1 Å². The van der Waals surface area contributed by atoms with Crippen LogP contribution in [0.25, 0.3) is 11.0 Å². The van der Waals surface area contributed by atoms with Gasteiger partial charge in [0.25, 0.3) is 0 Å². The molecular weight excluding hydrogens is 326 g/mol. The van der Waals surface area contributed by atoms with E-state index in [0.717, 1.165) is 16.0 Å². The number of aryl methyl sites for hydroxylation is 1. The lowest BCUT2D eigenvalue weighted by Crippen LogP contribution is -2.09. The second-order valence-corrected chi connectivity index (χ2v) is 6.20. The Hall–Kier alpha value is -2.60. The van der Waals surface area contributed by atoms with Crippen LogP contribution in [0.3, 0.4) is 0 Å². The predicted octanol–water partition coefficient (Wildman–Crippen LogP) is 3.71. The van der Waals surface area contributed by atoms with Crippen molar-refractivity contribution in [2.24, 2.45) is 0 Å². The number of nitrogens with zero attached hydrogens (tertiary/aromatic N) is 1. The zero-order valence-electron chi connectivity index (χ0n) is 13.2. The number of pyridine rings is 1. The number of fused-ring (bicyclic) bond motifs is 1. The smallest absolute Gasteiger partial charge is 0.340 e. The molecule has 0 atom stereocenters. The minimum absolute atomic E-state index is 0.355. The van der Waals surface area contributed by atoms with Crippen LogP contribution < -0.4 is 10.4 Å². The number of hydrogen-bond donors (Lipinski definition) is 0. The van der Waals surface area contributed by atoms with E-state index in [0.29, 0.717) is 22.6 Å². The van der Waals surface area contributed by atoms with E-state index in [4.69, 9.17) is 9.15 Å². The van der Waals surface area contributed by atoms with Gasteiger partial charge in [0.1, 0.15) is 11.3 Å². The molecule has 2 heterocycles. The van der Waals surface area contributed by atoms with Gasteiger partial charge >= 0.3 is 11.6 Å². The van der Waals surface area contributed by atoms with Crippen molar-refractivity contribution in [2.45, 2.75) is 24.6 Å². The summed E-state index contributed by atoms with van der Waals surface area (Å²) in [5, 5.41) is 1.67. The Kier molecular flexibility index (Phi) is 4.66. The van der Waals surface area contributed by atoms with E-state index in [2.05, 4.69) is 4.98 Å². The normalized spacial score (nSPS) is 10.8. The van der Waals surface area contributed by atoms with E-state index in [1.165, 1.54) is 18.7 Å². The molecule has 0 fully saturated rings. The average Bonchev–Trinajstić information content (AvgIpc) is 2.54. The maximum Gasteiger partial charge on any atom is 0.340 e. The molecule has 0 saturated carbocycles. The first-order chi connectivity index (χ1) is 11.5. The van der Waals surface area contributed by atoms with Gasteiger partial charge < -0.3 is 9.15 Å². The molecule has 0 amide bonds. The summed E-state index contributed by atoms with van der Waals surface area (Å²) in [6, 6.07) is 10.7. The number of benzene rings is 1. The number of hydrogen-bond acceptors (Lipinski definition) is 6. The van der Waals surface area contributed by atoms with E-state index in [9.17, 15) is 9.59 Å². The van der Waals surface area contributed by atoms with Crippen molar-refractivity contribution in [1.82, 2.24) is 4.98 Å². The van der Waals surface area contributed by atoms with Gasteiger partial charge in [-0.15, -0.1) is 11.8 Å². The highest BCUT2D eigenvalue weighted by molar-refractivity contribution is 7.98. The lowest BCUT2D eigenvalue weighted by atomic mass is 10.1. The molecule has 0 bridgehead atoms. The third kappa shape index (κ3) is 3.49. The number of rotatable bonds is 4. The van der Waals surface area contributed by atoms with Gasteiger partial charge in [0.2, 0.25) is 0 Å². The maximum atomic E-state index is 12.3. The molecule has 0 saturated heterocycles. The minimum Gasteiger partial charge on any atom is -0.427 e. The summed E-state index contributed by atoms with van der Waals surface area (Å²) in [6.07, 6.45) is 1.72. The highest BCUT2D eigenvalue weighted by Crippen LogP contribution is 2.27. The first kappa shape index (κ1) is 16.3. The third-order valence-electron chi connectivity index (χ3n) is 3.52. The van der Waals surface area contributed by atoms with Gasteiger partial charge in [-0.3, -0.25) is 4.79 Å². The fourth-order valence-electron chi connectivity index (χ4n) is 2.35. The van der Waals surface area contributed by atoms with E-state index in [-0.39, 0.29) is 5.63 Å². The maximum absolute atomic E-state index is 12.3. The highest BCUT2D eigenvalue weighted by atomic mass is 32.2. The molecule has 2 aromatic heterocycles. The molecule has 1 aromatic carbocycles. The number of carbonyl (C=O) groups is 1. The van der Waals surface area contributed by atoms with Crippen molar-refractivity contribution in [2.75, 3.05) is 0 Å². The zero-order valence-corrected chi connectivity index (χ0v) is 14.1. The molecule has 122 valence electrons. The predicted molar refractivity (Wildman–Crippen MR) is 92.3 cm³/mol. The summed E-state index contributed by atoms with van der Waals surface area (Å²) in [5.74, 6) is 0.414. The number of ether oxygens (including phenoxy) is 1. The monoisotopic (exact) mass is 341 g/mol. The largest absolute Gasteiger partial charge is 0.427 e. The molecule has 3 rings (SSSR count). The lowest BCUT2D eigenvalue weighted by molar-refractivity contribution is -0.131. The van der Waals surface area contributed by atoms with Crippen molar-refractivity contribution in [3.63, 3.8) is 0 Å². The van der Waals surface area contributed by atoms with Gasteiger partial charge in [-0.1, -0.05) is 6.07 Å². The summed E-state index contributed by atoms with van der Waals surface area (Å²) in [6.45, 7) is 3.21. The van der Waals surface area contributed by atoms with Crippen LogP contribution in [0.15, 0.2) is 56.8 Å². The molecule has 6 heteroatoms. The number of carbonyl (C=O) groups excluding carboxylic acids is 1. The lowest BCUT2D eigenvalue weighted by Gasteiger charge is -2.08. The highest BCUT2D eigenvalue weighted by Gasteiger charge is 2.13. The first-order valence-electron chi connectivity index (χ1n) is 7.33. The number of aromatic nitrogens is 1. The van der Waals surface area contributed by atoms with E-state index < -0.39 is 5.97 Å². The second kappa shape index (κ2) is 6.88. The van der Waals surface area contributed by atoms with Crippen LogP contribution in [0, 0.1) is 6.92 Å². The molecule has 5 nitrogen and oxygen atoms in total. The summed E-state index contributed by atoms with van der Waals surface area (Å²) in [5.41, 5.74) is 1.49. The fraction of sp³-hybridized carbons (Fsp3) is 0.167. The third-order valence-corrected chi connectivity index (χ3v) is 4.49. The van der Waals surface area contributed by atoms with Crippen molar-refractivity contribution >= 4 is 28.7 Å². The Labute approximate surface area is 142 Å². The number of thioether (sulfide) groups is 1. The van der Waals surface area contributed by atoms with Crippen LogP contribution >= 0.6 is 11.8 Å². The van der Waals surface area contributed by atoms with Crippen LogP contribution in [0.4, 0.5) is 0 Å². The molecule has 0 N–H and O–H groups in total.